The molecule has 0 saturated heterocycles. The fourth-order valence-electron chi connectivity index (χ4n) is 8.77. The van der Waals surface area contributed by atoms with E-state index in [2.05, 4.69) is 151 Å². The minimum Gasteiger partial charge on any atom is -0.464 e. The lowest BCUT2D eigenvalue weighted by Crippen LogP contribution is -2.23. The lowest BCUT2D eigenvalue weighted by Gasteiger charge is -2.29. The van der Waals surface area contributed by atoms with Crippen molar-refractivity contribution in [2.24, 2.45) is 5.92 Å². The molecule has 2 aliphatic heterocycles. The summed E-state index contributed by atoms with van der Waals surface area (Å²) in [6.07, 6.45) is 23.3. The van der Waals surface area contributed by atoms with Crippen LogP contribution in [-0.2, 0) is 4.74 Å². The van der Waals surface area contributed by atoms with Gasteiger partial charge in [-0.25, -0.2) is 0 Å². The van der Waals surface area contributed by atoms with E-state index in [-0.39, 0.29) is 12.3 Å². The Morgan fingerprint density at radius 3 is 2.25 bits per heavy atom. The maximum Gasteiger partial charge on any atom is 0.197 e. The first kappa shape index (κ1) is 31.8. The second kappa shape index (κ2) is 12.7. The quantitative estimate of drug-likeness (QED) is 0.169. The summed E-state index contributed by atoms with van der Waals surface area (Å²) in [7, 11) is 0. The van der Waals surface area contributed by atoms with Crippen molar-refractivity contribution in [1.29, 1.82) is 0 Å². The van der Waals surface area contributed by atoms with Gasteiger partial charge in [-0.2, -0.15) is 4.74 Å². The molecule has 5 heteroatoms. The third-order valence-electron chi connectivity index (χ3n) is 11.7. The second-order valence-electron chi connectivity index (χ2n) is 15.1. The van der Waals surface area contributed by atoms with Gasteiger partial charge in [-0.3, -0.25) is 0 Å². The zero-order valence-corrected chi connectivity index (χ0v) is 30.6. The zero-order valence-electron chi connectivity index (χ0n) is 30.6. The van der Waals surface area contributed by atoms with Gasteiger partial charge in [-0.1, -0.05) is 122 Å². The van der Waals surface area contributed by atoms with Gasteiger partial charge in [0.25, 0.3) is 0 Å². The van der Waals surface area contributed by atoms with Crippen molar-refractivity contribution < 1.29 is 9.26 Å². The van der Waals surface area contributed by atoms with E-state index in [0.717, 1.165) is 69.7 Å². The topological polar surface area (TPSA) is 51.4 Å². The first-order valence-electron chi connectivity index (χ1n) is 19.3. The number of hydrogen-bond donors (Lipinski definition) is 2. The third-order valence-corrected chi connectivity index (χ3v) is 11.7. The molecule has 0 amide bonds. The van der Waals surface area contributed by atoms with Crippen LogP contribution in [0, 0.1) is 5.92 Å². The number of nitrogens with zero attached hydrogens (tertiary/aromatic N) is 1. The smallest absolute Gasteiger partial charge is 0.197 e. The number of benzene rings is 5. The molecule has 3 aliphatic carbocycles. The number of dihydropyridines is 1. The Labute approximate surface area is 319 Å². The zero-order chi connectivity index (χ0) is 36.5. The van der Waals surface area contributed by atoms with Crippen LogP contribution in [0.15, 0.2) is 196 Å². The Hall–Kier alpha value is -6.68. The predicted octanol–water partition coefficient (Wildman–Crippen LogP) is 11.9. The highest BCUT2D eigenvalue weighted by atomic mass is 16.5. The minimum absolute atomic E-state index is 0.0683. The van der Waals surface area contributed by atoms with Gasteiger partial charge in [0.2, 0.25) is 0 Å². The maximum absolute atomic E-state index is 6.34. The molecule has 3 heterocycles. The highest BCUT2D eigenvalue weighted by molar-refractivity contribution is 6.00. The summed E-state index contributed by atoms with van der Waals surface area (Å²) in [6, 6.07) is 34.5. The summed E-state index contributed by atoms with van der Waals surface area (Å²) < 4.78 is 14.4. The van der Waals surface area contributed by atoms with Crippen LogP contribution in [0.25, 0.3) is 44.0 Å². The summed E-state index contributed by atoms with van der Waals surface area (Å²) in [5.41, 5.74) is 17.2. The van der Waals surface area contributed by atoms with E-state index in [1.807, 2.05) is 29.0 Å². The van der Waals surface area contributed by atoms with Gasteiger partial charge in [0.15, 0.2) is 17.6 Å². The Kier molecular flexibility index (Phi) is 7.36. The van der Waals surface area contributed by atoms with Crippen molar-refractivity contribution in [2.75, 3.05) is 0 Å². The highest BCUT2D eigenvalue weighted by Crippen LogP contribution is 2.42. The van der Waals surface area contributed by atoms with Crippen LogP contribution in [0.2, 0.25) is 0 Å². The molecule has 2 N–H and O–H groups in total. The van der Waals surface area contributed by atoms with Crippen molar-refractivity contribution in [3.05, 3.63) is 208 Å². The molecule has 5 aliphatic rings. The Balaban J connectivity index is 1.02. The summed E-state index contributed by atoms with van der Waals surface area (Å²) >= 11 is 0. The Morgan fingerprint density at radius 1 is 0.727 bits per heavy atom. The van der Waals surface area contributed by atoms with E-state index in [0.29, 0.717) is 5.92 Å². The average molecular weight is 714 g/mol. The van der Waals surface area contributed by atoms with Crippen LogP contribution in [0.1, 0.15) is 55.1 Å². The van der Waals surface area contributed by atoms with Gasteiger partial charge in [-0.15, -0.1) is 5.73 Å². The van der Waals surface area contributed by atoms with Crippen molar-refractivity contribution in [2.45, 2.75) is 38.5 Å². The highest BCUT2D eigenvalue weighted by Gasteiger charge is 2.29. The SMILES string of the molecule is CC1C=CC(C2=CC=C(C3=CC(c4ccc(C5NC6=C(C=C=C6)O5)c5ccccc45)NC(c4ccc(-n5oc6ccccc65)c5ccccc45)=C3)CC2)=CC1. The number of hydrogen-bond acceptors (Lipinski definition) is 4. The molecule has 5 aromatic carbocycles. The van der Waals surface area contributed by atoms with Gasteiger partial charge in [-0.05, 0) is 93.5 Å². The molecule has 0 radical (unpaired) electrons. The number of nitrogens with one attached hydrogen (secondary N) is 2. The van der Waals surface area contributed by atoms with Gasteiger partial charge in [0.05, 0.1) is 17.4 Å². The van der Waals surface area contributed by atoms with Gasteiger partial charge in [0, 0.05) is 34.4 Å². The maximum atomic E-state index is 6.34. The molecule has 0 saturated carbocycles. The predicted molar refractivity (Wildman–Crippen MR) is 222 cm³/mol. The molecule has 266 valence electrons. The van der Waals surface area contributed by atoms with Crippen LogP contribution < -0.4 is 10.6 Å². The second-order valence-corrected chi connectivity index (χ2v) is 15.1. The van der Waals surface area contributed by atoms with E-state index >= 15 is 0 Å². The van der Waals surface area contributed by atoms with Crippen LogP contribution in [0.4, 0.5) is 0 Å². The summed E-state index contributed by atoms with van der Waals surface area (Å²) in [5.74, 6) is 1.46. The molecule has 3 unspecified atom stereocenters. The normalized spacial score (nSPS) is 21.5. The fraction of sp³-hybridized carbons (Fsp3) is 0.140. The molecule has 3 atom stereocenters. The van der Waals surface area contributed by atoms with Gasteiger partial charge in [0.1, 0.15) is 5.52 Å². The van der Waals surface area contributed by atoms with E-state index in [4.69, 9.17) is 9.26 Å². The fourth-order valence-corrected chi connectivity index (χ4v) is 8.77. The van der Waals surface area contributed by atoms with Crippen LogP contribution in [0.5, 0.6) is 0 Å². The lowest BCUT2D eigenvalue weighted by atomic mass is 9.84. The van der Waals surface area contributed by atoms with Crippen LogP contribution >= 0.6 is 0 Å². The number of para-hydroxylation sites is 2. The standard InChI is InChI=1S/C50H39N3O2/c1-31-17-19-32(20-18-31)33-21-23-34(24-22-33)35-29-44(39-25-26-42(37-10-3-2-9-36(37)39)50-52-43-13-8-16-48(43)54-50)51-45(30-35)40-27-28-46(41-12-5-4-11-38(40)41)53-47-14-6-7-15-49(47)55-53/h2-7,9-17,19-21,23,25-31,44,50-52H,18,22,24H2,1H3. The molecule has 11 rings (SSSR count). The lowest BCUT2D eigenvalue weighted by molar-refractivity contribution is 0.138. The number of aromatic nitrogens is 1. The van der Waals surface area contributed by atoms with Crippen molar-refractivity contribution in [3.63, 3.8) is 0 Å². The summed E-state index contributed by atoms with van der Waals surface area (Å²) in [6.45, 7) is 2.28. The molecule has 0 spiro atoms. The van der Waals surface area contributed by atoms with E-state index in [1.165, 1.54) is 44.0 Å². The molecule has 55 heavy (non-hydrogen) atoms. The Bertz CT molecular complexity index is 2870. The molecule has 0 fully saturated rings. The average Bonchev–Trinajstić information content (AvgIpc) is 3.85. The summed E-state index contributed by atoms with van der Waals surface area (Å²) in [4.78, 5) is 0. The van der Waals surface area contributed by atoms with Crippen molar-refractivity contribution in [1.82, 2.24) is 15.4 Å². The van der Waals surface area contributed by atoms with E-state index < -0.39 is 0 Å². The first-order valence-corrected chi connectivity index (χ1v) is 19.3. The van der Waals surface area contributed by atoms with Crippen LogP contribution in [-0.4, -0.2) is 4.74 Å². The van der Waals surface area contributed by atoms with Gasteiger partial charge >= 0.3 is 0 Å². The molecular weight excluding hydrogens is 675 g/mol. The van der Waals surface area contributed by atoms with Crippen molar-refractivity contribution in [3.8, 4) is 5.69 Å². The monoisotopic (exact) mass is 713 g/mol. The number of ether oxygens (including phenoxy) is 1. The molecule has 6 aromatic rings. The number of fused-ring (bicyclic) bond motifs is 3. The molecular formula is C50H39N3O2. The van der Waals surface area contributed by atoms with Crippen LogP contribution in [0.3, 0.4) is 0 Å². The Morgan fingerprint density at radius 2 is 1.47 bits per heavy atom. The molecule has 1 aromatic heterocycles. The summed E-state index contributed by atoms with van der Waals surface area (Å²) in [5, 5.41) is 12.3. The third kappa shape index (κ3) is 5.39. The first-order chi connectivity index (χ1) is 27.1. The van der Waals surface area contributed by atoms with Gasteiger partial charge < -0.3 is 19.9 Å². The minimum atomic E-state index is -0.252. The van der Waals surface area contributed by atoms with Crippen molar-refractivity contribution >= 4 is 38.3 Å². The van der Waals surface area contributed by atoms with E-state index in [1.54, 1.807) is 0 Å². The number of allylic oxidation sites excluding steroid dienone is 12. The van der Waals surface area contributed by atoms with E-state index in [9.17, 15) is 0 Å². The molecule has 5 nitrogen and oxygen atoms in total. The molecule has 0 bridgehead atoms. The number of rotatable bonds is 6. The largest absolute Gasteiger partial charge is 0.464 e.